The van der Waals surface area contributed by atoms with Crippen LogP contribution in [0.5, 0.6) is 0 Å². The fourth-order valence-electron chi connectivity index (χ4n) is 3.57. The van der Waals surface area contributed by atoms with Crippen molar-refractivity contribution in [1.29, 1.82) is 0 Å². The van der Waals surface area contributed by atoms with E-state index in [-0.39, 0.29) is 11.8 Å². The molecule has 30 heavy (non-hydrogen) atoms. The first-order chi connectivity index (χ1) is 14.6. The molecule has 6 nitrogen and oxygen atoms in total. The minimum Gasteiger partial charge on any atom is -0.351 e. The molecule has 2 heterocycles. The summed E-state index contributed by atoms with van der Waals surface area (Å²) in [7, 11) is 0. The summed E-state index contributed by atoms with van der Waals surface area (Å²) in [5.41, 5.74) is 1.89. The zero-order chi connectivity index (χ0) is 21.3. The maximum Gasteiger partial charge on any atom is 0.261 e. The molecule has 160 valence electrons. The molecule has 0 saturated carbocycles. The lowest BCUT2D eigenvalue weighted by Gasteiger charge is -2.22. The van der Waals surface area contributed by atoms with E-state index in [0.717, 1.165) is 54.1 Å². The number of thiophene rings is 1. The number of para-hydroxylation sites is 2. The molecular formula is C23H30N4O2S. The van der Waals surface area contributed by atoms with Crippen molar-refractivity contribution >= 4 is 34.2 Å². The second kappa shape index (κ2) is 10.9. The number of nitrogens with one attached hydrogen (secondary N) is 1. The van der Waals surface area contributed by atoms with Gasteiger partial charge in [0.15, 0.2) is 0 Å². The fourth-order valence-corrected chi connectivity index (χ4v) is 4.21. The van der Waals surface area contributed by atoms with E-state index in [1.807, 2.05) is 51.2 Å². The molecule has 0 atom stereocenters. The zero-order valence-electron chi connectivity index (χ0n) is 17.8. The normalized spacial score (nSPS) is 11.0. The number of fused-ring (bicyclic) bond motifs is 1. The summed E-state index contributed by atoms with van der Waals surface area (Å²) in [5.74, 6) is 0.987. The number of carbonyl (C=O) groups excluding carboxylic acids is 2. The van der Waals surface area contributed by atoms with Crippen LogP contribution in [0.2, 0.25) is 0 Å². The Morgan fingerprint density at radius 1 is 1.10 bits per heavy atom. The van der Waals surface area contributed by atoms with Crippen LogP contribution < -0.4 is 5.32 Å². The molecule has 0 aliphatic carbocycles. The minimum absolute atomic E-state index is 0.0385. The van der Waals surface area contributed by atoms with Gasteiger partial charge in [-0.15, -0.1) is 11.3 Å². The summed E-state index contributed by atoms with van der Waals surface area (Å²) in [4.78, 5) is 32.5. The van der Waals surface area contributed by atoms with Crippen molar-refractivity contribution in [3.63, 3.8) is 0 Å². The summed E-state index contributed by atoms with van der Waals surface area (Å²) in [6.07, 6.45) is 3.37. The summed E-state index contributed by atoms with van der Waals surface area (Å²) < 4.78 is 2.04. The molecule has 0 aliphatic rings. The molecule has 1 N–H and O–H groups in total. The van der Waals surface area contributed by atoms with Gasteiger partial charge in [0.25, 0.3) is 5.91 Å². The molecule has 3 rings (SSSR count). The van der Waals surface area contributed by atoms with Gasteiger partial charge in [-0.1, -0.05) is 32.0 Å². The predicted octanol–water partition coefficient (Wildman–Crippen LogP) is 4.11. The van der Waals surface area contributed by atoms with E-state index in [4.69, 9.17) is 4.98 Å². The molecule has 2 aromatic heterocycles. The third kappa shape index (κ3) is 5.48. The van der Waals surface area contributed by atoms with Gasteiger partial charge >= 0.3 is 0 Å². The van der Waals surface area contributed by atoms with Crippen molar-refractivity contribution in [2.24, 2.45) is 0 Å². The molecule has 0 saturated heterocycles. The first-order valence-electron chi connectivity index (χ1n) is 10.7. The number of aromatic nitrogens is 2. The van der Waals surface area contributed by atoms with Crippen LogP contribution in [0.25, 0.3) is 11.0 Å². The van der Waals surface area contributed by atoms with Crippen molar-refractivity contribution in [2.75, 3.05) is 19.6 Å². The molecule has 0 spiro atoms. The van der Waals surface area contributed by atoms with Crippen LogP contribution in [0.4, 0.5) is 0 Å². The Hall–Kier alpha value is -2.67. The minimum atomic E-state index is -0.0385. The van der Waals surface area contributed by atoms with Crippen LogP contribution in [0.15, 0.2) is 41.8 Å². The molecule has 7 heteroatoms. The molecule has 3 aromatic rings. The van der Waals surface area contributed by atoms with E-state index in [1.165, 1.54) is 11.3 Å². The van der Waals surface area contributed by atoms with Crippen LogP contribution in [0.1, 0.15) is 48.6 Å². The first kappa shape index (κ1) is 22.0. The van der Waals surface area contributed by atoms with E-state index < -0.39 is 0 Å². The Bertz CT molecular complexity index is 959. The highest BCUT2D eigenvalue weighted by atomic mass is 32.1. The highest BCUT2D eigenvalue weighted by Crippen LogP contribution is 2.18. The van der Waals surface area contributed by atoms with Gasteiger partial charge in [-0.2, -0.15) is 0 Å². The van der Waals surface area contributed by atoms with E-state index >= 15 is 0 Å². The first-order valence-corrected chi connectivity index (χ1v) is 11.6. The average molecular weight is 427 g/mol. The number of hydrogen-bond acceptors (Lipinski definition) is 4. The second-order valence-corrected chi connectivity index (χ2v) is 8.27. The van der Waals surface area contributed by atoms with Crippen LogP contribution in [0, 0.1) is 0 Å². The monoisotopic (exact) mass is 426 g/mol. The number of benzene rings is 1. The lowest BCUT2D eigenvalue weighted by molar-refractivity contribution is -0.131. The highest BCUT2D eigenvalue weighted by Gasteiger charge is 2.17. The lowest BCUT2D eigenvalue weighted by atomic mass is 10.2. The molecular weight excluding hydrogens is 396 g/mol. The van der Waals surface area contributed by atoms with Gasteiger partial charge in [0.2, 0.25) is 5.91 Å². The molecule has 0 bridgehead atoms. The third-order valence-corrected chi connectivity index (χ3v) is 5.84. The molecule has 0 unspecified atom stereocenters. The lowest BCUT2D eigenvalue weighted by Crippen LogP contribution is -2.35. The predicted molar refractivity (Wildman–Crippen MR) is 122 cm³/mol. The van der Waals surface area contributed by atoms with Gasteiger partial charge in [0.05, 0.1) is 15.9 Å². The maximum absolute atomic E-state index is 13.0. The summed E-state index contributed by atoms with van der Waals surface area (Å²) in [6.45, 7) is 6.63. The number of hydrogen-bond donors (Lipinski definition) is 1. The molecule has 1 aromatic carbocycles. The summed E-state index contributed by atoms with van der Waals surface area (Å²) in [6, 6.07) is 11.6. The largest absolute Gasteiger partial charge is 0.351 e. The number of rotatable bonds is 11. The Morgan fingerprint density at radius 3 is 2.57 bits per heavy atom. The molecule has 0 radical (unpaired) electrons. The van der Waals surface area contributed by atoms with Crippen molar-refractivity contribution in [3.05, 3.63) is 52.5 Å². The fraction of sp³-hybridized carbons (Fsp3) is 0.435. The van der Waals surface area contributed by atoms with Gasteiger partial charge in [-0.25, -0.2) is 4.98 Å². The van der Waals surface area contributed by atoms with Crippen molar-refractivity contribution in [1.82, 2.24) is 19.8 Å². The third-order valence-electron chi connectivity index (χ3n) is 4.97. The quantitative estimate of drug-likeness (QED) is 0.469. The van der Waals surface area contributed by atoms with Crippen LogP contribution in [0.3, 0.4) is 0 Å². The van der Waals surface area contributed by atoms with Crippen molar-refractivity contribution in [2.45, 2.75) is 46.1 Å². The van der Waals surface area contributed by atoms with E-state index in [1.54, 1.807) is 0 Å². The number of nitrogens with zero attached hydrogens (tertiary/aromatic N) is 3. The van der Waals surface area contributed by atoms with Crippen LogP contribution >= 0.6 is 11.3 Å². The van der Waals surface area contributed by atoms with Crippen molar-refractivity contribution in [3.8, 4) is 0 Å². The van der Waals surface area contributed by atoms with E-state index in [9.17, 15) is 9.59 Å². The Labute approximate surface area is 181 Å². The van der Waals surface area contributed by atoms with Gasteiger partial charge in [0.1, 0.15) is 12.4 Å². The number of amides is 2. The maximum atomic E-state index is 13.0. The number of aryl methyl sites for hydroxylation is 1. The topological polar surface area (TPSA) is 67.2 Å². The van der Waals surface area contributed by atoms with E-state index in [0.29, 0.717) is 19.5 Å². The van der Waals surface area contributed by atoms with Gasteiger partial charge < -0.3 is 14.8 Å². The zero-order valence-corrected chi connectivity index (χ0v) is 18.6. The SMILES string of the molecule is CCCN(CCC)C(=O)Cn1c(CCCNC(=O)c2cccs2)nc2ccccc21. The molecule has 0 aliphatic heterocycles. The Kier molecular flexibility index (Phi) is 8.02. The van der Waals surface area contributed by atoms with Gasteiger partial charge in [-0.05, 0) is 42.8 Å². The van der Waals surface area contributed by atoms with E-state index in [2.05, 4.69) is 19.2 Å². The summed E-state index contributed by atoms with van der Waals surface area (Å²) >= 11 is 1.44. The van der Waals surface area contributed by atoms with Crippen LogP contribution in [-0.4, -0.2) is 45.9 Å². The number of imidazole rings is 1. The molecule has 2 amide bonds. The Balaban J connectivity index is 1.68. The van der Waals surface area contributed by atoms with Crippen molar-refractivity contribution < 1.29 is 9.59 Å². The van der Waals surface area contributed by atoms with Crippen LogP contribution in [-0.2, 0) is 17.8 Å². The number of carbonyl (C=O) groups is 2. The molecule has 0 fully saturated rings. The van der Waals surface area contributed by atoms with Gasteiger partial charge in [0, 0.05) is 26.1 Å². The summed E-state index contributed by atoms with van der Waals surface area (Å²) in [5, 5.41) is 4.86. The standard InChI is InChI=1S/C23H30N4O2S/c1-3-14-26(15-4-2)22(28)17-27-19-10-6-5-9-18(19)25-21(27)12-7-13-24-23(29)20-11-8-16-30-20/h5-6,8-11,16H,3-4,7,12-15,17H2,1-2H3,(H,24,29). The Morgan fingerprint density at radius 2 is 1.87 bits per heavy atom. The second-order valence-electron chi connectivity index (χ2n) is 7.32. The van der Waals surface area contributed by atoms with Gasteiger partial charge in [-0.3, -0.25) is 9.59 Å². The highest BCUT2D eigenvalue weighted by molar-refractivity contribution is 7.12. The average Bonchev–Trinajstić information content (AvgIpc) is 3.40. The smallest absolute Gasteiger partial charge is 0.261 e.